The van der Waals surface area contributed by atoms with Crippen LogP contribution < -0.4 is 15.0 Å². The van der Waals surface area contributed by atoms with Crippen molar-refractivity contribution in [2.45, 2.75) is 33.6 Å². The van der Waals surface area contributed by atoms with Crippen molar-refractivity contribution in [3.05, 3.63) is 57.3 Å². The number of H-pyrrole nitrogens is 1. The zero-order chi connectivity index (χ0) is 18.3. The molecule has 0 amide bonds. The summed E-state index contributed by atoms with van der Waals surface area (Å²) >= 11 is 0. The third kappa shape index (κ3) is 2.83. The van der Waals surface area contributed by atoms with Gasteiger partial charge < -0.3 is 14.5 Å². The number of rotatable bonds is 4. The first-order valence-corrected chi connectivity index (χ1v) is 8.46. The van der Waals surface area contributed by atoms with Gasteiger partial charge in [-0.05, 0) is 26.0 Å². The lowest BCUT2D eigenvalue weighted by Crippen LogP contribution is -2.20. The summed E-state index contributed by atoms with van der Waals surface area (Å²) in [5.74, 6) is 3.36. The van der Waals surface area contributed by atoms with Gasteiger partial charge in [0, 0.05) is 30.2 Å². The van der Waals surface area contributed by atoms with Crippen LogP contribution in [0.15, 0.2) is 23.0 Å². The van der Waals surface area contributed by atoms with Crippen molar-refractivity contribution < 1.29 is 9.47 Å². The van der Waals surface area contributed by atoms with Gasteiger partial charge in [0.15, 0.2) is 11.5 Å². The second-order valence-corrected chi connectivity index (χ2v) is 6.13. The van der Waals surface area contributed by atoms with E-state index in [0.717, 1.165) is 5.69 Å². The third-order valence-corrected chi connectivity index (χ3v) is 4.32. The minimum Gasteiger partial charge on any atom is -0.454 e. The normalized spacial score (nSPS) is 12.6. The average molecular weight is 353 g/mol. The Morgan fingerprint density at radius 3 is 2.77 bits per heavy atom. The third-order valence-electron chi connectivity index (χ3n) is 4.32. The highest BCUT2D eigenvalue weighted by molar-refractivity contribution is 5.50. The van der Waals surface area contributed by atoms with Crippen molar-refractivity contribution in [2.24, 2.45) is 0 Å². The van der Waals surface area contributed by atoms with Gasteiger partial charge in [0.05, 0.1) is 5.69 Å². The van der Waals surface area contributed by atoms with E-state index in [1.54, 1.807) is 4.68 Å². The molecule has 2 aromatic heterocycles. The molecule has 8 heteroatoms. The van der Waals surface area contributed by atoms with E-state index in [1.807, 2.05) is 39.0 Å². The highest BCUT2D eigenvalue weighted by Crippen LogP contribution is 2.33. The van der Waals surface area contributed by atoms with E-state index in [2.05, 4.69) is 20.1 Å². The SMILES string of the molecule is CCc1nc(C)c(Cc2nc(C)nn2-c2ccc3c(c2)OCO3)c(=O)[nH]1. The fourth-order valence-electron chi connectivity index (χ4n) is 3.00. The summed E-state index contributed by atoms with van der Waals surface area (Å²) < 4.78 is 12.5. The molecular weight excluding hydrogens is 334 g/mol. The molecule has 1 aliphatic heterocycles. The minimum absolute atomic E-state index is 0.132. The van der Waals surface area contributed by atoms with Gasteiger partial charge in [-0.15, -0.1) is 0 Å². The number of fused-ring (bicyclic) bond motifs is 1. The predicted molar refractivity (Wildman–Crippen MR) is 94.0 cm³/mol. The van der Waals surface area contributed by atoms with E-state index >= 15 is 0 Å². The number of hydrogen-bond acceptors (Lipinski definition) is 6. The molecule has 0 spiro atoms. The van der Waals surface area contributed by atoms with Crippen LogP contribution in [-0.4, -0.2) is 31.5 Å². The first kappa shape index (κ1) is 16.3. The highest BCUT2D eigenvalue weighted by Gasteiger charge is 2.18. The molecule has 3 heterocycles. The van der Waals surface area contributed by atoms with Gasteiger partial charge in [0.25, 0.3) is 5.56 Å². The number of nitrogens with zero attached hydrogens (tertiary/aromatic N) is 4. The molecule has 1 N–H and O–H groups in total. The summed E-state index contributed by atoms with van der Waals surface area (Å²) in [5.41, 5.74) is 1.98. The van der Waals surface area contributed by atoms with Crippen molar-refractivity contribution in [1.82, 2.24) is 24.7 Å². The number of aromatic amines is 1. The number of aryl methyl sites for hydroxylation is 3. The molecule has 0 saturated carbocycles. The summed E-state index contributed by atoms with van der Waals surface area (Å²) in [6, 6.07) is 5.59. The monoisotopic (exact) mass is 353 g/mol. The average Bonchev–Trinajstić information content (AvgIpc) is 3.23. The topological polar surface area (TPSA) is 94.9 Å². The van der Waals surface area contributed by atoms with Crippen molar-refractivity contribution in [3.63, 3.8) is 0 Å². The maximum atomic E-state index is 12.4. The molecular formula is C18H19N5O3. The maximum absolute atomic E-state index is 12.4. The smallest absolute Gasteiger partial charge is 0.254 e. The van der Waals surface area contributed by atoms with Crippen LogP contribution in [0.5, 0.6) is 11.5 Å². The first-order valence-electron chi connectivity index (χ1n) is 8.46. The Bertz CT molecular complexity index is 1040. The van der Waals surface area contributed by atoms with Crippen LogP contribution in [-0.2, 0) is 12.8 Å². The summed E-state index contributed by atoms with van der Waals surface area (Å²) in [6.07, 6.45) is 1.02. The van der Waals surface area contributed by atoms with Gasteiger partial charge in [0.2, 0.25) is 6.79 Å². The predicted octanol–water partition coefficient (Wildman–Crippen LogP) is 1.85. The Hall–Kier alpha value is -3.16. The van der Waals surface area contributed by atoms with Gasteiger partial charge in [-0.1, -0.05) is 6.92 Å². The van der Waals surface area contributed by atoms with Gasteiger partial charge >= 0.3 is 0 Å². The van der Waals surface area contributed by atoms with Crippen LogP contribution in [0.25, 0.3) is 5.69 Å². The Kier molecular flexibility index (Phi) is 3.95. The molecule has 0 aliphatic carbocycles. The van der Waals surface area contributed by atoms with Gasteiger partial charge in [-0.25, -0.2) is 14.6 Å². The van der Waals surface area contributed by atoms with Crippen molar-refractivity contribution in [3.8, 4) is 17.2 Å². The van der Waals surface area contributed by atoms with E-state index in [9.17, 15) is 4.79 Å². The van der Waals surface area contributed by atoms with Gasteiger partial charge in [-0.2, -0.15) is 5.10 Å². The van der Waals surface area contributed by atoms with E-state index in [4.69, 9.17) is 9.47 Å². The van der Waals surface area contributed by atoms with Crippen LogP contribution in [0.1, 0.15) is 35.7 Å². The summed E-state index contributed by atoms with van der Waals surface area (Å²) in [4.78, 5) is 24.2. The fraction of sp³-hybridized carbons (Fsp3) is 0.333. The molecule has 0 fully saturated rings. The largest absolute Gasteiger partial charge is 0.454 e. The van der Waals surface area contributed by atoms with E-state index in [1.165, 1.54) is 0 Å². The molecule has 26 heavy (non-hydrogen) atoms. The number of benzene rings is 1. The summed E-state index contributed by atoms with van der Waals surface area (Å²) in [5, 5.41) is 4.47. The fourth-order valence-corrected chi connectivity index (χ4v) is 3.00. The Balaban J connectivity index is 1.74. The first-order chi connectivity index (χ1) is 12.5. The van der Waals surface area contributed by atoms with E-state index < -0.39 is 0 Å². The Morgan fingerprint density at radius 2 is 2.00 bits per heavy atom. The Labute approximate surface area is 149 Å². The standard InChI is InChI=1S/C18H19N5O3/c1-4-16-19-10(2)13(18(24)21-16)8-17-20-11(3)22-23(17)12-5-6-14-15(7-12)26-9-25-14/h5-7H,4,8-9H2,1-3H3,(H,19,21,24). The molecule has 4 rings (SSSR count). The lowest BCUT2D eigenvalue weighted by Gasteiger charge is -2.09. The van der Waals surface area contributed by atoms with Crippen molar-refractivity contribution >= 4 is 0 Å². The van der Waals surface area contributed by atoms with Crippen LogP contribution in [0.4, 0.5) is 0 Å². The van der Waals surface area contributed by atoms with Crippen LogP contribution in [0.2, 0.25) is 0 Å². The lowest BCUT2D eigenvalue weighted by molar-refractivity contribution is 0.174. The second kappa shape index (κ2) is 6.29. The number of hydrogen-bond donors (Lipinski definition) is 1. The zero-order valence-electron chi connectivity index (χ0n) is 14.9. The van der Waals surface area contributed by atoms with Crippen LogP contribution >= 0.6 is 0 Å². The molecule has 8 nitrogen and oxygen atoms in total. The molecule has 1 aromatic carbocycles. The number of aromatic nitrogens is 5. The molecule has 3 aromatic rings. The van der Waals surface area contributed by atoms with Crippen molar-refractivity contribution in [1.29, 1.82) is 0 Å². The quantitative estimate of drug-likeness (QED) is 0.769. The van der Waals surface area contributed by atoms with Crippen molar-refractivity contribution in [2.75, 3.05) is 6.79 Å². The second-order valence-electron chi connectivity index (χ2n) is 6.13. The molecule has 0 saturated heterocycles. The maximum Gasteiger partial charge on any atom is 0.254 e. The van der Waals surface area contributed by atoms with Gasteiger partial charge in [-0.3, -0.25) is 4.79 Å². The zero-order valence-corrected chi connectivity index (χ0v) is 14.9. The molecule has 134 valence electrons. The molecule has 1 aliphatic rings. The minimum atomic E-state index is -0.132. The van der Waals surface area contributed by atoms with Crippen LogP contribution in [0, 0.1) is 13.8 Å². The number of ether oxygens (including phenoxy) is 2. The molecule has 0 radical (unpaired) electrons. The Morgan fingerprint density at radius 1 is 1.19 bits per heavy atom. The lowest BCUT2D eigenvalue weighted by atomic mass is 10.1. The van der Waals surface area contributed by atoms with E-state index in [-0.39, 0.29) is 12.4 Å². The summed E-state index contributed by atoms with van der Waals surface area (Å²) in [7, 11) is 0. The van der Waals surface area contributed by atoms with Crippen LogP contribution in [0.3, 0.4) is 0 Å². The number of nitrogens with one attached hydrogen (secondary N) is 1. The highest BCUT2D eigenvalue weighted by atomic mass is 16.7. The molecule has 0 atom stereocenters. The molecule has 0 bridgehead atoms. The summed E-state index contributed by atoms with van der Waals surface area (Å²) in [6.45, 7) is 5.84. The van der Waals surface area contributed by atoms with Gasteiger partial charge in [0.1, 0.15) is 17.5 Å². The molecule has 0 unspecified atom stereocenters. The van der Waals surface area contributed by atoms with E-state index in [0.29, 0.717) is 53.1 Å².